The van der Waals surface area contributed by atoms with Crippen molar-refractivity contribution in [2.45, 2.75) is 26.4 Å². The highest BCUT2D eigenvalue weighted by atomic mass is 35.5. The van der Waals surface area contributed by atoms with E-state index in [1.165, 1.54) is 18.2 Å². The first kappa shape index (κ1) is 14.7. The first-order valence-corrected chi connectivity index (χ1v) is 6.61. The summed E-state index contributed by atoms with van der Waals surface area (Å²) in [5.74, 6) is 0.264. The molecule has 0 unspecified atom stereocenters. The van der Waals surface area contributed by atoms with Crippen molar-refractivity contribution in [3.8, 4) is 11.6 Å². The summed E-state index contributed by atoms with van der Waals surface area (Å²) in [5, 5.41) is 11.2. The molecule has 6 heteroatoms. The molecule has 0 saturated carbocycles. The van der Waals surface area contributed by atoms with Gasteiger partial charge in [0.15, 0.2) is 0 Å². The highest BCUT2D eigenvalue weighted by molar-refractivity contribution is 6.30. The lowest BCUT2D eigenvalue weighted by atomic mass is 10.3. The Morgan fingerprint density at radius 3 is 2.65 bits per heavy atom. The molecule has 0 spiro atoms. The molecule has 0 bridgehead atoms. The molecule has 0 saturated heterocycles. The minimum absolute atomic E-state index is 0.00760. The molecule has 0 aliphatic heterocycles. The van der Waals surface area contributed by atoms with Gasteiger partial charge in [-0.25, -0.2) is 4.39 Å². The maximum Gasteiger partial charge on any atom is 0.238 e. The second-order valence-electron chi connectivity index (χ2n) is 4.58. The van der Waals surface area contributed by atoms with Gasteiger partial charge in [0, 0.05) is 24.7 Å². The molecule has 0 aliphatic carbocycles. The van der Waals surface area contributed by atoms with E-state index in [9.17, 15) is 4.39 Å². The minimum Gasteiger partial charge on any atom is -0.437 e. The molecule has 0 atom stereocenters. The van der Waals surface area contributed by atoms with Crippen molar-refractivity contribution in [2.24, 2.45) is 0 Å². The number of nitrogens with zero attached hydrogens (tertiary/aromatic N) is 2. The van der Waals surface area contributed by atoms with Crippen LogP contribution in [0.5, 0.6) is 11.6 Å². The van der Waals surface area contributed by atoms with Gasteiger partial charge in [0.2, 0.25) is 5.88 Å². The second-order valence-corrected chi connectivity index (χ2v) is 4.98. The number of hydrogen-bond donors (Lipinski definition) is 1. The topological polar surface area (TPSA) is 47.0 Å². The van der Waals surface area contributed by atoms with Crippen molar-refractivity contribution < 1.29 is 9.13 Å². The van der Waals surface area contributed by atoms with E-state index >= 15 is 0 Å². The van der Waals surface area contributed by atoms with E-state index in [2.05, 4.69) is 29.4 Å². The quantitative estimate of drug-likeness (QED) is 0.916. The molecule has 4 nitrogen and oxygen atoms in total. The highest BCUT2D eigenvalue weighted by Gasteiger charge is 2.05. The third kappa shape index (κ3) is 4.15. The molecule has 1 aromatic heterocycles. The minimum atomic E-state index is -0.486. The SMILES string of the molecule is CC(C)NCc1ccc(Oc2ccc(F)c(Cl)c2)nn1. The molecule has 0 aliphatic rings. The maximum absolute atomic E-state index is 13.0. The van der Waals surface area contributed by atoms with Crippen LogP contribution in [0, 0.1) is 5.82 Å². The monoisotopic (exact) mass is 295 g/mol. The Balaban J connectivity index is 2.01. The zero-order valence-electron chi connectivity index (χ0n) is 11.2. The molecular weight excluding hydrogens is 281 g/mol. The fourth-order valence-electron chi connectivity index (χ4n) is 1.47. The molecule has 0 radical (unpaired) electrons. The number of halogens is 2. The van der Waals surface area contributed by atoms with Gasteiger partial charge in [-0.3, -0.25) is 0 Å². The zero-order chi connectivity index (χ0) is 14.5. The Labute approximate surface area is 121 Å². The third-order valence-electron chi connectivity index (χ3n) is 2.50. The summed E-state index contributed by atoms with van der Waals surface area (Å²) in [6.07, 6.45) is 0. The van der Waals surface area contributed by atoms with Crippen LogP contribution < -0.4 is 10.1 Å². The van der Waals surface area contributed by atoms with Crippen LogP contribution >= 0.6 is 11.6 Å². The lowest BCUT2D eigenvalue weighted by Gasteiger charge is -2.08. The van der Waals surface area contributed by atoms with Crippen molar-refractivity contribution >= 4 is 11.6 Å². The lowest BCUT2D eigenvalue weighted by Crippen LogP contribution is -2.22. The fourth-order valence-corrected chi connectivity index (χ4v) is 1.64. The Kier molecular flexibility index (Phi) is 4.87. The predicted molar refractivity (Wildman–Crippen MR) is 75.5 cm³/mol. The van der Waals surface area contributed by atoms with Gasteiger partial charge in [-0.05, 0) is 18.2 Å². The largest absolute Gasteiger partial charge is 0.437 e. The van der Waals surface area contributed by atoms with Crippen LogP contribution in [0.3, 0.4) is 0 Å². The average Bonchev–Trinajstić information content (AvgIpc) is 2.42. The molecule has 1 heterocycles. The molecule has 20 heavy (non-hydrogen) atoms. The molecule has 106 valence electrons. The van der Waals surface area contributed by atoms with Gasteiger partial charge in [0.05, 0.1) is 10.7 Å². The van der Waals surface area contributed by atoms with Crippen LogP contribution in [0.2, 0.25) is 5.02 Å². The van der Waals surface area contributed by atoms with E-state index < -0.39 is 5.82 Å². The normalized spacial score (nSPS) is 10.8. The molecule has 1 N–H and O–H groups in total. The summed E-state index contributed by atoms with van der Waals surface area (Å²) in [7, 11) is 0. The number of hydrogen-bond acceptors (Lipinski definition) is 4. The van der Waals surface area contributed by atoms with Crippen molar-refractivity contribution in [3.63, 3.8) is 0 Å². The lowest BCUT2D eigenvalue weighted by molar-refractivity contribution is 0.451. The van der Waals surface area contributed by atoms with Crippen molar-refractivity contribution in [2.75, 3.05) is 0 Å². The summed E-state index contributed by atoms with van der Waals surface area (Å²) >= 11 is 5.68. The molecule has 2 rings (SSSR count). The summed E-state index contributed by atoms with van der Waals surface area (Å²) in [4.78, 5) is 0. The number of nitrogens with one attached hydrogen (secondary N) is 1. The van der Waals surface area contributed by atoms with E-state index in [4.69, 9.17) is 16.3 Å². The van der Waals surface area contributed by atoms with Gasteiger partial charge < -0.3 is 10.1 Å². The zero-order valence-corrected chi connectivity index (χ0v) is 12.0. The Morgan fingerprint density at radius 2 is 2.05 bits per heavy atom. The van der Waals surface area contributed by atoms with E-state index in [-0.39, 0.29) is 5.02 Å². The Hall–Kier alpha value is -1.72. The van der Waals surface area contributed by atoms with Gasteiger partial charge >= 0.3 is 0 Å². The number of rotatable bonds is 5. The highest BCUT2D eigenvalue weighted by Crippen LogP contribution is 2.24. The van der Waals surface area contributed by atoms with E-state index in [0.29, 0.717) is 24.2 Å². The number of aromatic nitrogens is 2. The summed E-state index contributed by atoms with van der Waals surface area (Å²) < 4.78 is 18.5. The number of ether oxygens (including phenoxy) is 1. The van der Waals surface area contributed by atoms with E-state index in [1.807, 2.05) is 6.07 Å². The number of benzene rings is 1. The van der Waals surface area contributed by atoms with Crippen LogP contribution in [0.4, 0.5) is 4.39 Å². The molecule has 0 amide bonds. The van der Waals surface area contributed by atoms with Crippen LogP contribution in [0.15, 0.2) is 30.3 Å². The summed E-state index contributed by atoms with van der Waals surface area (Å²) in [5.41, 5.74) is 0.822. The Morgan fingerprint density at radius 1 is 1.25 bits per heavy atom. The smallest absolute Gasteiger partial charge is 0.238 e. The molecule has 1 aromatic carbocycles. The van der Waals surface area contributed by atoms with Gasteiger partial charge in [0.1, 0.15) is 11.6 Å². The van der Waals surface area contributed by atoms with Crippen molar-refractivity contribution in [3.05, 3.63) is 46.9 Å². The maximum atomic E-state index is 13.0. The second kappa shape index (κ2) is 6.63. The van der Waals surface area contributed by atoms with Gasteiger partial charge in [-0.1, -0.05) is 25.4 Å². The van der Waals surface area contributed by atoms with Crippen LogP contribution in [0.1, 0.15) is 19.5 Å². The standard InChI is InChI=1S/C14H15ClFN3O/c1-9(2)17-8-10-3-6-14(19-18-10)20-11-4-5-13(16)12(15)7-11/h3-7,9,17H,8H2,1-2H3. The fraction of sp³-hybridized carbons (Fsp3) is 0.286. The van der Waals surface area contributed by atoms with Gasteiger partial charge in [-0.2, -0.15) is 5.10 Å². The molecule has 2 aromatic rings. The van der Waals surface area contributed by atoms with Crippen LogP contribution in [0.25, 0.3) is 0 Å². The first-order valence-electron chi connectivity index (χ1n) is 6.23. The first-order chi connectivity index (χ1) is 9.54. The average molecular weight is 296 g/mol. The van der Waals surface area contributed by atoms with Crippen molar-refractivity contribution in [1.82, 2.24) is 15.5 Å². The summed E-state index contributed by atoms with van der Waals surface area (Å²) in [6, 6.07) is 8.04. The predicted octanol–water partition coefficient (Wildman–Crippen LogP) is 3.56. The van der Waals surface area contributed by atoms with Gasteiger partial charge in [0.25, 0.3) is 0 Å². The van der Waals surface area contributed by atoms with Crippen molar-refractivity contribution in [1.29, 1.82) is 0 Å². The summed E-state index contributed by atoms with van der Waals surface area (Å²) in [6.45, 7) is 4.76. The molecule has 0 fully saturated rings. The van der Waals surface area contributed by atoms with Crippen LogP contribution in [-0.4, -0.2) is 16.2 Å². The third-order valence-corrected chi connectivity index (χ3v) is 2.79. The molecular formula is C14H15ClFN3O. The van der Waals surface area contributed by atoms with E-state index in [1.54, 1.807) is 6.07 Å². The Bertz CT molecular complexity index is 575. The van der Waals surface area contributed by atoms with E-state index in [0.717, 1.165) is 5.69 Å². The van der Waals surface area contributed by atoms with Gasteiger partial charge in [-0.15, -0.1) is 5.10 Å². The van der Waals surface area contributed by atoms with Crippen LogP contribution in [-0.2, 0) is 6.54 Å².